The Morgan fingerprint density at radius 2 is 1.23 bits per heavy atom. The molecule has 0 radical (unpaired) electrons. The van der Waals surface area contributed by atoms with Gasteiger partial charge in [-0.05, 0) is 55.6 Å². The molecule has 52 heavy (non-hydrogen) atoms. The average Bonchev–Trinajstić information content (AvgIpc) is 3.09. The number of hydrogen-bond acceptors (Lipinski definition) is 8. The number of amides is 1. The molecule has 0 aliphatic heterocycles. The van der Waals surface area contributed by atoms with Crippen LogP contribution in [-0.2, 0) is 52.7 Å². The van der Waals surface area contributed by atoms with Gasteiger partial charge in [0, 0.05) is 7.11 Å². The number of ether oxygens (including phenoxy) is 6. The van der Waals surface area contributed by atoms with E-state index in [4.69, 9.17) is 32.8 Å². The minimum atomic E-state index is -2.46. The van der Waals surface area contributed by atoms with Crippen molar-refractivity contribution >= 4 is 14.4 Å². The number of alkyl carbamates (subject to hydrolysis) is 1. The van der Waals surface area contributed by atoms with Crippen molar-refractivity contribution in [1.29, 1.82) is 0 Å². The van der Waals surface area contributed by atoms with Crippen molar-refractivity contribution in [1.82, 2.24) is 5.32 Å². The molecule has 0 saturated heterocycles. The fourth-order valence-corrected chi connectivity index (χ4v) is 6.54. The molecule has 1 N–H and O–H groups in total. The lowest BCUT2D eigenvalue weighted by atomic mass is 9.95. The van der Waals surface area contributed by atoms with Gasteiger partial charge in [-0.1, -0.05) is 118 Å². The van der Waals surface area contributed by atoms with Crippen LogP contribution in [0.1, 0.15) is 58.2 Å². The molecule has 0 aliphatic carbocycles. The van der Waals surface area contributed by atoms with E-state index in [0.29, 0.717) is 6.61 Å². The van der Waals surface area contributed by atoms with Gasteiger partial charge in [-0.25, -0.2) is 4.79 Å². The van der Waals surface area contributed by atoms with Crippen molar-refractivity contribution in [2.45, 2.75) is 116 Å². The third kappa shape index (κ3) is 14.6. The van der Waals surface area contributed by atoms with Crippen molar-refractivity contribution in [3.05, 3.63) is 120 Å². The first-order chi connectivity index (χ1) is 24.6. The third-order valence-corrected chi connectivity index (χ3v) is 13.4. The monoisotopic (exact) mass is 735 g/mol. The number of nitrogens with one attached hydrogen (secondary N) is 1. The van der Waals surface area contributed by atoms with Gasteiger partial charge >= 0.3 is 6.09 Å². The Bertz CT molecular complexity index is 1440. The fourth-order valence-electron chi connectivity index (χ4n) is 5.23. The van der Waals surface area contributed by atoms with E-state index >= 15 is 0 Å². The number of methoxy groups -OCH3 is 1. The van der Waals surface area contributed by atoms with E-state index in [-0.39, 0.29) is 31.7 Å². The van der Waals surface area contributed by atoms with Gasteiger partial charge in [0.2, 0.25) is 0 Å². The zero-order valence-electron chi connectivity index (χ0n) is 32.6. The zero-order chi connectivity index (χ0) is 38.2. The van der Waals surface area contributed by atoms with Gasteiger partial charge in [-0.15, -0.1) is 6.58 Å². The molecular weight excluding hydrogens is 675 g/mol. The summed E-state index contributed by atoms with van der Waals surface area (Å²) in [6.07, 6.45) is -2.03. The predicted octanol–water partition coefficient (Wildman–Crippen LogP) is 8.83. The highest BCUT2D eigenvalue weighted by Crippen LogP contribution is 2.38. The van der Waals surface area contributed by atoms with E-state index in [2.05, 4.69) is 45.8 Å². The summed E-state index contributed by atoms with van der Waals surface area (Å²) in [6.45, 7) is 21.5. The molecule has 5 atom stereocenters. The van der Waals surface area contributed by atoms with Crippen LogP contribution in [0.5, 0.6) is 0 Å². The van der Waals surface area contributed by atoms with E-state index in [1.807, 2.05) is 112 Å². The summed E-state index contributed by atoms with van der Waals surface area (Å²) in [6, 6.07) is 29.0. The standard InChI is InChI=1S/C42H61NO8Si/c1-11-35(49-31-45-8)37(43-40(44)50-41(2,3)4)39(48-29-34-25-19-14-20-26-34)38(47-28-33-23-17-13-18-24-33)36(51-52(9,10)42(5,6)7)30-46-27-32-21-15-12-16-22-32/h11-26,35-39H,1,27-31H2,2-10H3,(H,43,44)/t35-,36+,37+,38-,39-/m1/s1. The number of benzene rings is 3. The SMILES string of the molecule is C=C[C@@H](OCOC)[C@H](NC(=O)OC(C)(C)C)[C@@H](OCc1ccccc1)[C@H](OCc1ccccc1)[C@H](COCc1ccccc1)O[Si](C)(C)C(C)(C)C. The Balaban J connectivity index is 2.19. The van der Waals surface area contributed by atoms with Crippen molar-refractivity contribution in [2.75, 3.05) is 20.5 Å². The smallest absolute Gasteiger partial charge is 0.408 e. The Morgan fingerprint density at radius 1 is 0.750 bits per heavy atom. The van der Waals surface area contributed by atoms with Crippen molar-refractivity contribution in [3.63, 3.8) is 0 Å². The van der Waals surface area contributed by atoms with Crippen molar-refractivity contribution in [2.24, 2.45) is 0 Å². The lowest BCUT2D eigenvalue weighted by Crippen LogP contribution is -2.61. The summed E-state index contributed by atoms with van der Waals surface area (Å²) in [7, 11) is -0.915. The van der Waals surface area contributed by atoms with Crippen LogP contribution in [0.4, 0.5) is 4.79 Å². The van der Waals surface area contributed by atoms with E-state index < -0.39 is 50.5 Å². The van der Waals surface area contributed by atoms with E-state index in [9.17, 15) is 4.79 Å². The lowest BCUT2D eigenvalue weighted by Gasteiger charge is -2.44. The van der Waals surface area contributed by atoms with Crippen LogP contribution >= 0.6 is 0 Å². The zero-order valence-corrected chi connectivity index (χ0v) is 33.6. The van der Waals surface area contributed by atoms with Gasteiger partial charge in [0.05, 0.1) is 38.6 Å². The molecule has 0 aromatic heterocycles. The molecule has 0 unspecified atom stereocenters. The number of carbonyl (C=O) groups excluding carboxylic acids is 1. The average molecular weight is 736 g/mol. The largest absolute Gasteiger partial charge is 0.444 e. The third-order valence-electron chi connectivity index (χ3n) is 8.91. The van der Waals surface area contributed by atoms with E-state index in [1.54, 1.807) is 13.2 Å². The van der Waals surface area contributed by atoms with Crippen LogP contribution in [0.2, 0.25) is 18.1 Å². The fraction of sp³-hybridized carbons (Fsp3) is 0.500. The molecule has 286 valence electrons. The Morgan fingerprint density at radius 3 is 1.67 bits per heavy atom. The highest BCUT2D eigenvalue weighted by atomic mass is 28.4. The van der Waals surface area contributed by atoms with Crippen LogP contribution in [0, 0.1) is 0 Å². The predicted molar refractivity (Wildman–Crippen MR) is 208 cm³/mol. The van der Waals surface area contributed by atoms with Gasteiger partial charge in [0.1, 0.15) is 30.7 Å². The first-order valence-corrected chi connectivity index (χ1v) is 20.9. The molecule has 0 fully saturated rings. The van der Waals surface area contributed by atoms with E-state index in [1.165, 1.54) is 0 Å². The molecule has 0 saturated carbocycles. The molecule has 0 heterocycles. The second kappa shape index (κ2) is 20.8. The number of carbonyl (C=O) groups is 1. The molecule has 3 aromatic rings. The van der Waals surface area contributed by atoms with Gasteiger partial charge in [-0.3, -0.25) is 0 Å². The summed E-state index contributed by atoms with van der Waals surface area (Å²) in [5, 5.41) is 2.94. The topological polar surface area (TPSA) is 93.7 Å². The Kier molecular flexibility index (Phi) is 17.2. The quantitative estimate of drug-likeness (QED) is 0.0659. The molecule has 10 heteroatoms. The van der Waals surface area contributed by atoms with Gasteiger partial charge < -0.3 is 38.2 Å². The molecule has 3 rings (SSSR count). The van der Waals surface area contributed by atoms with Crippen LogP contribution in [-0.4, -0.2) is 71.0 Å². The maximum absolute atomic E-state index is 13.6. The van der Waals surface area contributed by atoms with Gasteiger partial charge in [0.25, 0.3) is 0 Å². The van der Waals surface area contributed by atoms with E-state index in [0.717, 1.165) is 16.7 Å². The van der Waals surface area contributed by atoms with Gasteiger partial charge in [0.15, 0.2) is 8.32 Å². The molecule has 0 spiro atoms. The summed E-state index contributed by atoms with van der Waals surface area (Å²) < 4.78 is 44.7. The molecule has 0 aliphatic rings. The first-order valence-electron chi connectivity index (χ1n) is 18.0. The second-order valence-electron chi connectivity index (χ2n) is 15.4. The Labute approximate surface area is 313 Å². The van der Waals surface area contributed by atoms with Crippen molar-refractivity contribution in [3.8, 4) is 0 Å². The first kappa shape index (κ1) is 43.1. The number of rotatable bonds is 21. The van der Waals surface area contributed by atoms with Gasteiger partial charge in [-0.2, -0.15) is 0 Å². The maximum Gasteiger partial charge on any atom is 0.408 e. The maximum atomic E-state index is 13.6. The summed E-state index contributed by atoms with van der Waals surface area (Å²) in [4.78, 5) is 13.6. The molecule has 9 nitrogen and oxygen atoms in total. The van der Waals surface area contributed by atoms with Crippen molar-refractivity contribution < 1.29 is 37.6 Å². The molecule has 3 aromatic carbocycles. The second-order valence-corrected chi connectivity index (χ2v) is 20.1. The minimum Gasteiger partial charge on any atom is -0.444 e. The molecule has 1 amide bonds. The molecular formula is C42H61NO8Si. The van der Waals surface area contributed by atoms with Crippen LogP contribution in [0.25, 0.3) is 0 Å². The summed E-state index contributed by atoms with van der Waals surface area (Å²) in [5.74, 6) is 0. The van der Waals surface area contributed by atoms with Crippen LogP contribution in [0.15, 0.2) is 104 Å². The van der Waals surface area contributed by atoms with Crippen LogP contribution in [0.3, 0.4) is 0 Å². The summed E-state index contributed by atoms with van der Waals surface area (Å²) >= 11 is 0. The number of hydrogen-bond donors (Lipinski definition) is 1. The highest BCUT2D eigenvalue weighted by Gasteiger charge is 2.46. The van der Waals surface area contributed by atoms with Crippen LogP contribution < -0.4 is 5.32 Å². The molecule has 0 bridgehead atoms. The normalized spacial score (nSPS) is 15.2. The lowest BCUT2D eigenvalue weighted by molar-refractivity contribution is -0.167. The minimum absolute atomic E-state index is 0.0474. The highest BCUT2D eigenvalue weighted by molar-refractivity contribution is 6.74. The summed E-state index contributed by atoms with van der Waals surface area (Å²) in [5.41, 5.74) is 2.20. The Hall–Kier alpha value is -3.35.